The van der Waals surface area contributed by atoms with Gasteiger partial charge in [-0.05, 0) is 36.4 Å². The van der Waals surface area contributed by atoms with Crippen LogP contribution in [0.15, 0.2) is 40.9 Å². The minimum atomic E-state index is -0.372. The van der Waals surface area contributed by atoms with Crippen molar-refractivity contribution in [1.82, 2.24) is 0 Å². The van der Waals surface area contributed by atoms with Gasteiger partial charge in [-0.3, -0.25) is 4.79 Å². The molecule has 0 aliphatic rings. The van der Waals surface area contributed by atoms with Gasteiger partial charge in [0.15, 0.2) is 11.5 Å². The van der Waals surface area contributed by atoms with Gasteiger partial charge in [0.2, 0.25) is 0 Å². The maximum absolute atomic E-state index is 12.1. The molecule has 0 atom stereocenters. The fourth-order valence-electron chi connectivity index (χ4n) is 1.62. The zero-order valence-corrected chi connectivity index (χ0v) is 12.8. The molecule has 6 heteroatoms. The van der Waals surface area contributed by atoms with Crippen molar-refractivity contribution in [3.8, 4) is 11.5 Å². The molecule has 2 N–H and O–H groups in total. The van der Waals surface area contributed by atoms with Crippen LogP contribution in [0.4, 0.5) is 5.69 Å². The summed E-state index contributed by atoms with van der Waals surface area (Å²) in [6, 6.07) is 9.56. The predicted molar refractivity (Wildman–Crippen MR) is 81.8 cm³/mol. The number of phenolic OH excluding ortho intramolecular Hbond substituents is 1. The summed E-state index contributed by atoms with van der Waals surface area (Å²) in [5.41, 5.74) is 0.792. The molecule has 2 aromatic rings. The number of rotatable bonds is 3. The number of benzene rings is 2. The van der Waals surface area contributed by atoms with Crippen molar-refractivity contribution in [2.75, 3.05) is 12.4 Å². The summed E-state index contributed by atoms with van der Waals surface area (Å²) in [6.07, 6.45) is 0. The van der Waals surface area contributed by atoms with Crippen LogP contribution in [-0.2, 0) is 0 Å². The average molecular weight is 357 g/mol. The highest BCUT2D eigenvalue weighted by atomic mass is 79.9. The number of phenols is 1. The number of carbonyl (C=O) groups excluding carboxylic acids is 1. The lowest BCUT2D eigenvalue weighted by Crippen LogP contribution is -2.12. The van der Waals surface area contributed by atoms with Gasteiger partial charge < -0.3 is 15.2 Å². The van der Waals surface area contributed by atoms with Gasteiger partial charge in [-0.1, -0.05) is 27.5 Å². The molecule has 0 radical (unpaired) electrons. The third-order valence-electron chi connectivity index (χ3n) is 2.62. The van der Waals surface area contributed by atoms with Crippen LogP contribution in [0.2, 0.25) is 5.02 Å². The van der Waals surface area contributed by atoms with Crippen LogP contribution < -0.4 is 10.1 Å². The molecule has 0 saturated heterocycles. The molecule has 0 aliphatic carbocycles. The third-order valence-corrected chi connectivity index (χ3v) is 3.44. The molecule has 0 saturated carbocycles. The number of ether oxygens (including phenoxy) is 1. The van der Waals surface area contributed by atoms with Crippen LogP contribution in [0.5, 0.6) is 11.5 Å². The molecule has 0 bridgehead atoms. The van der Waals surface area contributed by atoms with Crippen molar-refractivity contribution in [3.05, 3.63) is 51.5 Å². The van der Waals surface area contributed by atoms with E-state index in [9.17, 15) is 9.90 Å². The number of hydrogen-bond donors (Lipinski definition) is 2. The van der Waals surface area contributed by atoms with E-state index in [1.165, 1.54) is 19.2 Å². The van der Waals surface area contributed by atoms with Gasteiger partial charge in [-0.15, -0.1) is 0 Å². The number of anilines is 1. The normalized spacial score (nSPS) is 10.2. The Labute approximate surface area is 129 Å². The Kier molecular flexibility index (Phi) is 4.52. The molecule has 0 heterocycles. The molecule has 0 fully saturated rings. The maximum Gasteiger partial charge on any atom is 0.255 e. The van der Waals surface area contributed by atoms with Gasteiger partial charge in [-0.2, -0.15) is 0 Å². The Hall–Kier alpha value is -1.72. The first-order valence-corrected chi connectivity index (χ1v) is 6.82. The van der Waals surface area contributed by atoms with E-state index >= 15 is 0 Å². The highest BCUT2D eigenvalue weighted by molar-refractivity contribution is 9.10. The summed E-state index contributed by atoms with van der Waals surface area (Å²) in [4.78, 5) is 12.1. The highest BCUT2D eigenvalue weighted by Crippen LogP contribution is 2.28. The lowest BCUT2D eigenvalue weighted by Gasteiger charge is -2.09. The molecule has 4 nitrogen and oxygen atoms in total. The SMILES string of the molecule is COc1ccc(C(=O)Nc2cc(Br)ccc2Cl)cc1O. The maximum atomic E-state index is 12.1. The first kappa shape index (κ1) is 14.7. The summed E-state index contributed by atoms with van der Waals surface area (Å²) in [5, 5.41) is 12.8. The molecule has 0 unspecified atom stereocenters. The number of amides is 1. The smallest absolute Gasteiger partial charge is 0.255 e. The van der Waals surface area contributed by atoms with Gasteiger partial charge in [0, 0.05) is 10.0 Å². The summed E-state index contributed by atoms with van der Waals surface area (Å²) in [7, 11) is 1.44. The van der Waals surface area contributed by atoms with E-state index < -0.39 is 0 Å². The second-order valence-corrected chi connectivity index (χ2v) is 5.29. The van der Waals surface area contributed by atoms with Crippen LogP contribution in [0.3, 0.4) is 0 Å². The van der Waals surface area contributed by atoms with Crippen molar-refractivity contribution in [2.45, 2.75) is 0 Å². The minimum absolute atomic E-state index is 0.0968. The molecule has 0 spiro atoms. The Morgan fingerprint density at radius 3 is 2.70 bits per heavy atom. The van der Waals surface area contributed by atoms with Crippen LogP contribution in [0, 0.1) is 0 Å². The molecular formula is C14H11BrClNO3. The van der Waals surface area contributed by atoms with Crippen molar-refractivity contribution < 1.29 is 14.6 Å². The first-order chi connectivity index (χ1) is 9.51. The first-order valence-electron chi connectivity index (χ1n) is 5.64. The lowest BCUT2D eigenvalue weighted by atomic mass is 10.2. The molecule has 20 heavy (non-hydrogen) atoms. The van der Waals surface area contributed by atoms with Gasteiger partial charge >= 0.3 is 0 Å². The van der Waals surface area contributed by atoms with E-state index in [1.807, 2.05) is 0 Å². The Balaban J connectivity index is 2.24. The van der Waals surface area contributed by atoms with Gasteiger partial charge in [0.05, 0.1) is 17.8 Å². The molecule has 2 rings (SSSR count). The average Bonchev–Trinajstić information content (AvgIpc) is 2.42. The number of aromatic hydroxyl groups is 1. The van der Waals surface area contributed by atoms with Gasteiger partial charge in [-0.25, -0.2) is 0 Å². The molecule has 2 aromatic carbocycles. The summed E-state index contributed by atoms with van der Waals surface area (Å²) < 4.78 is 5.72. The molecule has 0 aromatic heterocycles. The molecule has 104 valence electrons. The molecule has 0 aliphatic heterocycles. The summed E-state index contributed by atoms with van der Waals surface area (Å²) >= 11 is 9.31. The van der Waals surface area contributed by atoms with E-state index in [4.69, 9.17) is 16.3 Å². The van der Waals surface area contributed by atoms with E-state index in [-0.39, 0.29) is 11.7 Å². The Morgan fingerprint density at radius 1 is 1.30 bits per heavy atom. The number of methoxy groups -OCH3 is 1. The van der Waals surface area contributed by atoms with Gasteiger partial charge in [0.25, 0.3) is 5.91 Å². The largest absolute Gasteiger partial charge is 0.504 e. The van der Waals surface area contributed by atoms with E-state index in [2.05, 4.69) is 21.2 Å². The van der Waals surface area contributed by atoms with Crippen LogP contribution in [0.1, 0.15) is 10.4 Å². The minimum Gasteiger partial charge on any atom is -0.504 e. The molecular weight excluding hydrogens is 346 g/mol. The quantitative estimate of drug-likeness (QED) is 0.871. The van der Waals surface area contributed by atoms with E-state index in [1.54, 1.807) is 24.3 Å². The van der Waals surface area contributed by atoms with Gasteiger partial charge in [0.1, 0.15) is 0 Å². The standard InChI is InChI=1S/C14H11BrClNO3/c1-20-13-5-2-8(6-12(13)18)14(19)17-11-7-9(15)3-4-10(11)16/h2-7,18H,1H3,(H,17,19). The fourth-order valence-corrected chi connectivity index (χ4v) is 2.14. The fraction of sp³-hybridized carbons (Fsp3) is 0.0714. The van der Waals surface area contributed by atoms with Crippen molar-refractivity contribution in [1.29, 1.82) is 0 Å². The summed E-state index contributed by atoms with van der Waals surface area (Å²) in [5.74, 6) is -0.162. The zero-order valence-electron chi connectivity index (χ0n) is 10.5. The monoisotopic (exact) mass is 355 g/mol. The number of carbonyl (C=O) groups is 1. The second kappa shape index (κ2) is 6.15. The van der Waals surface area contributed by atoms with E-state index in [0.717, 1.165) is 4.47 Å². The Morgan fingerprint density at radius 2 is 2.05 bits per heavy atom. The number of hydrogen-bond acceptors (Lipinski definition) is 3. The number of halogens is 2. The third kappa shape index (κ3) is 3.23. The number of nitrogens with one attached hydrogen (secondary N) is 1. The predicted octanol–water partition coefficient (Wildman–Crippen LogP) is 4.07. The Bertz CT molecular complexity index is 661. The lowest BCUT2D eigenvalue weighted by molar-refractivity contribution is 0.102. The van der Waals surface area contributed by atoms with Crippen LogP contribution >= 0.6 is 27.5 Å². The van der Waals surface area contributed by atoms with Crippen LogP contribution in [0.25, 0.3) is 0 Å². The summed E-state index contributed by atoms with van der Waals surface area (Å²) in [6.45, 7) is 0. The zero-order chi connectivity index (χ0) is 14.7. The van der Waals surface area contributed by atoms with Crippen LogP contribution in [-0.4, -0.2) is 18.1 Å². The highest BCUT2D eigenvalue weighted by Gasteiger charge is 2.11. The van der Waals surface area contributed by atoms with Crippen molar-refractivity contribution >= 4 is 39.1 Å². The van der Waals surface area contributed by atoms with Crippen molar-refractivity contribution in [2.24, 2.45) is 0 Å². The van der Waals surface area contributed by atoms with Crippen molar-refractivity contribution in [3.63, 3.8) is 0 Å². The van der Waals surface area contributed by atoms with E-state index in [0.29, 0.717) is 22.0 Å². The topological polar surface area (TPSA) is 58.6 Å². The second-order valence-electron chi connectivity index (χ2n) is 3.96. The molecule has 1 amide bonds.